The zero-order valence-electron chi connectivity index (χ0n) is 5.55. The molecule has 0 bridgehead atoms. The van der Waals surface area contributed by atoms with Crippen LogP contribution in [0, 0.1) is 0 Å². The van der Waals surface area contributed by atoms with Crippen LogP contribution in [0.1, 0.15) is 0 Å². The Labute approximate surface area is 58.0 Å². The summed E-state index contributed by atoms with van der Waals surface area (Å²) >= 11 is 0. The molecule has 1 rings (SSSR count). The van der Waals surface area contributed by atoms with Crippen LogP contribution in [-0.4, -0.2) is 30.9 Å². The second-order valence-corrected chi connectivity index (χ2v) is 2.13. The van der Waals surface area contributed by atoms with E-state index in [-0.39, 0.29) is 11.8 Å². The lowest BCUT2D eigenvalue weighted by Crippen LogP contribution is -2.71. The van der Waals surface area contributed by atoms with E-state index in [0.29, 0.717) is 0 Å². The Bertz CT molecular complexity index is 180. The number of hydrogen-bond acceptors (Lipinski definition) is 3. The summed E-state index contributed by atoms with van der Waals surface area (Å²) in [5.74, 6) is -0.513. The Balaban J connectivity index is 2.47. The summed E-state index contributed by atoms with van der Waals surface area (Å²) in [7, 11) is 1.50. The van der Waals surface area contributed by atoms with Gasteiger partial charge >= 0.3 is 0 Å². The van der Waals surface area contributed by atoms with E-state index in [1.165, 1.54) is 7.05 Å². The number of carbonyl (C=O) groups is 2. The molecular weight excluding hydrogens is 134 g/mol. The summed E-state index contributed by atoms with van der Waals surface area (Å²) in [5, 5.41) is 4.75. The highest BCUT2D eigenvalue weighted by molar-refractivity contribution is 6.01. The first kappa shape index (κ1) is 7.01. The van der Waals surface area contributed by atoms with Gasteiger partial charge in [0.25, 0.3) is 0 Å². The number of nitrogens with two attached hydrogens (primary N) is 1. The molecule has 1 saturated heterocycles. The second kappa shape index (κ2) is 2.26. The SMILES string of the molecule is CNC(=O)[C@H]1NC(=O)[C@H]1N. The van der Waals surface area contributed by atoms with Gasteiger partial charge < -0.3 is 16.4 Å². The normalized spacial score (nSPS) is 30.4. The molecule has 0 aromatic rings. The van der Waals surface area contributed by atoms with E-state index < -0.39 is 12.1 Å². The molecule has 0 aliphatic carbocycles. The zero-order chi connectivity index (χ0) is 7.72. The largest absolute Gasteiger partial charge is 0.357 e. The predicted molar refractivity (Wildman–Crippen MR) is 34.0 cm³/mol. The van der Waals surface area contributed by atoms with Crippen molar-refractivity contribution in [1.82, 2.24) is 10.6 Å². The standard InChI is InChI=1S/C5H9N3O2/c1-7-5(10)3-2(6)4(9)8-3/h2-3H,6H2,1H3,(H,7,10)(H,8,9)/t2-,3-/m0/s1. The Hall–Kier alpha value is -1.10. The van der Waals surface area contributed by atoms with E-state index in [2.05, 4.69) is 10.6 Å². The van der Waals surface area contributed by atoms with Gasteiger partial charge in [-0.3, -0.25) is 9.59 Å². The van der Waals surface area contributed by atoms with Crippen LogP contribution in [0.25, 0.3) is 0 Å². The van der Waals surface area contributed by atoms with Crippen LogP contribution in [0.3, 0.4) is 0 Å². The fraction of sp³-hybridized carbons (Fsp3) is 0.600. The number of likely N-dealkylation sites (N-methyl/N-ethyl adjacent to an activating group) is 1. The number of nitrogens with one attached hydrogen (secondary N) is 2. The molecule has 10 heavy (non-hydrogen) atoms. The van der Waals surface area contributed by atoms with Crippen LogP contribution in [0.5, 0.6) is 0 Å². The maximum atomic E-state index is 10.7. The molecule has 4 N–H and O–H groups in total. The van der Waals surface area contributed by atoms with E-state index >= 15 is 0 Å². The lowest BCUT2D eigenvalue weighted by atomic mass is 10.00. The average molecular weight is 143 g/mol. The van der Waals surface area contributed by atoms with Crippen LogP contribution < -0.4 is 16.4 Å². The van der Waals surface area contributed by atoms with Crippen LogP contribution in [0.4, 0.5) is 0 Å². The number of hydrogen-bond donors (Lipinski definition) is 3. The number of amides is 2. The number of rotatable bonds is 1. The van der Waals surface area contributed by atoms with Crippen LogP contribution >= 0.6 is 0 Å². The van der Waals surface area contributed by atoms with Crippen molar-refractivity contribution in [3.05, 3.63) is 0 Å². The first-order valence-electron chi connectivity index (χ1n) is 2.94. The highest BCUT2D eigenvalue weighted by Crippen LogP contribution is 2.01. The molecule has 0 aromatic heterocycles. The van der Waals surface area contributed by atoms with Crippen LogP contribution in [-0.2, 0) is 9.59 Å². The van der Waals surface area contributed by atoms with E-state index in [1.807, 2.05) is 0 Å². The molecule has 0 saturated carbocycles. The number of carbonyl (C=O) groups excluding carboxylic acids is 2. The fourth-order valence-corrected chi connectivity index (χ4v) is 0.779. The highest BCUT2D eigenvalue weighted by Gasteiger charge is 2.40. The molecule has 1 heterocycles. The zero-order valence-corrected chi connectivity index (χ0v) is 5.55. The molecule has 1 aliphatic rings. The summed E-state index contributed by atoms with van der Waals surface area (Å²) in [5.41, 5.74) is 5.27. The predicted octanol–water partition coefficient (Wildman–Crippen LogP) is -2.44. The third-order valence-electron chi connectivity index (χ3n) is 1.49. The Morgan fingerprint density at radius 3 is 2.70 bits per heavy atom. The van der Waals surface area contributed by atoms with Crippen molar-refractivity contribution in [3.8, 4) is 0 Å². The maximum Gasteiger partial charge on any atom is 0.244 e. The molecule has 0 aromatic carbocycles. The molecule has 0 spiro atoms. The van der Waals surface area contributed by atoms with E-state index in [1.54, 1.807) is 0 Å². The van der Waals surface area contributed by atoms with Gasteiger partial charge in [0.15, 0.2) is 0 Å². The van der Waals surface area contributed by atoms with Crippen molar-refractivity contribution >= 4 is 11.8 Å². The van der Waals surface area contributed by atoms with Crippen LogP contribution in [0.2, 0.25) is 0 Å². The molecule has 5 heteroatoms. The highest BCUT2D eigenvalue weighted by atomic mass is 16.2. The van der Waals surface area contributed by atoms with E-state index in [0.717, 1.165) is 0 Å². The van der Waals surface area contributed by atoms with Crippen molar-refractivity contribution < 1.29 is 9.59 Å². The molecule has 2 atom stereocenters. The lowest BCUT2D eigenvalue weighted by molar-refractivity contribution is -0.138. The maximum absolute atomic E-state index is 10.7. The summed E-state index contributed by atoms with van der Waals surface area (Å²) < 4.78 is 0. The smallest absolute Gasteiger partial charge is 0.244 e. The van der Waals surface area contributed by atoms with Gasteiger partial charge in [-0.05, 0) is 0 Å². The van der Waals surface area contributed by atoms with Gasteiger partial charge in [0.2, 0.25) is 11.8 Å². The molecule has 0 unspecified atom stereocenters. The average Bonchev–Trinajstić information content (AvgIpc) is 1.98. The molecular formula is C5H9N3O2. The molecule has 0 radical (unpaired) electrons. The van der Waals surface area contributed by atoms with Gasteiger partial charge in [-0.15, -0.1) is 0 Å². The summed E-state index contributed by atoms with van der Waals surface area (Å²) in [6, 6.07) is -1.20. The van der Waals surface area contributed by atoms with Crippen molar-refractivity contribution in [2.75, 3.05) is 7.05 Å². The van der Waals surface area contributed by atoms with Gasteiger partial charge in [-0.1, -0.05) is 0 Å². The molecule has 5 nitrogen and oxygen atoms in total. The first-order valence-corrected chi connectivity index (χ1v) is 2.94. The third-order valence-corrected chi connectivity index (χ3v) is 1.49. The minimum absolute atomic E-state index is 0.243. The van der Waals surface area contributed by atoms with Gasteiger partial charge in [0.05, 0.1) is 0 Å². The van der Waals surface area contributed by atoms with Crippen LogP contribution in [0.15, 0.2) is 0 Å². The van der Waals surface area contributed by atoms with Gasteiger partial charge in [0, 0.05) is 7.05 Å². The van der Waals surface area contributed by atoms with Crippen molar-refractivity contribution in [2.24, 2.45) is 5.73 Å². The minimum Gasteiger partial charge on any atom is -0.357 e. The third kappa shape index (κ3) is 0.841. The lowest BCUT2D eigenvalue weighted by Gasteiger charge is -2.31. The second-order valence-electron chi connectivity index (χ2n) is 2.13. The van der Waals surface area contributed by atoms with Crippen molar-refractivity contribution in [2.45, 2.75) is 12.1 Å². The molecule has 1 aliphatic heterocycles. The van der Waals surface area contributed by atoms with Crippen molar-refractivity contribution in [1.29, 1.82) is 0 Å². The Morgan fingerprint density at radius 2 is 2.40 bits per heavy atom. The van der Waals surface area contributed by atoms with Crippen molar-refractivity contribution in [3.63, 3.8) is 0 Å². The summed E-state index contributed by atoms with van der Waals surface area (Å²) in [6.45, 7) is 0. The minimum atomic E-state index is -0.667. The molecule has 1 fully saturated rings. The fourth-order valence-electron chi connectivity index (χ4n) is 0.779. The van der Waals surface area contributed by atoms with Gasteiger partial charge in [-0.2, -0.15) is 0 Å². The summed E-state index contributed by atoms with van der Waals surface area (Å²) in [6.07, 6.45) is 0. The monoisotopic (exact) mass is 143 g/mol. The first-order chi connectivity index (χ1) is 4.66. The quantitative estimate of drug-likeness (QED) is 0.356. The summed E-state index contributed by atoms with van der Waals surface area (Å²) in [4.78, 5) is 21.2. The topological polar surface area (TPSA) is 84.2 Å². The van der Waals surface area contributed by atoms with E-state index in [4.69, 9.17) is 5.73 Å². The molecule has 2 amide bonds. The van der Waals surface area contributed by atoms with Gasteiger partial charge in [-0.25, -0.2) is 0 Å². The Kier molecular flexibility index (Phi) is 1.58. The van der Waals surface area contributed by atoms with Gasteiger partial charge in [0.1, 0.15) is 12.1 Å². The Morgan fingerprint density at radius 1 is 1.80 bits per heavy atom. The van der Waals surface area contributed by atoms with E-state index in [9.17, 15) is 9.59 Å². The number of β-lactam (4-membered cyclic amide) rings is 1. The molecule has 56 valence electrons.